The zero-order valence-corrected chi connectivity index (χ0v) is 10.5. The molecule has 0 radical (unpaired) electrons. The van der Waals surface area contributed by atoms with Crippen molar-refractivity contribution in [3.8, 4) is 6.07 Å². The highest BCUT2D eigenvalue weighted by Crippen LogP contribution is 2.49. The first-order chi connectivity index (χ1) is 7.27. The van der Waals surface area contributed by atoms with Crippen LogP contribution in [0.1, 0.15) is 38.5 Å². The summed E-state index contributed by atoms with van der Waals surface area (Å²) in [6.07, 6.45) is 13.3. The second kappa shape index (κ2) is 4.53. The largest absolute Gasteiger partial charge is 0.198 e. The zero-order chi connectivity index (χ0) is 10.7. The molecule has 0 N–H and O–H groups in total. The minimum atomic E-state index is 0.214. The van der Waals surface area contributed by atoms with E-state index >= 15 is 0 Å². The topological polar surface area (TPSA) is 23.8 Å². The number of alkyl halides is 1. The summed E-state index contributed by atoms with van der Waals surface area (Å²) < 4.78 is 0. The minimum Gasteiger partial charge on any atom is -0.198 e. The quantitative estimate of drug-likeness (QED) is 0.690. The van der Waals surface area contributed by atoms with Gasteiger partial charge in [0, 0.05) is 16.7 Å². The number of halogens is 1. The Morgan fingerprint density at radius 3 is 2.80 bits per heavy atom. The molecule has 80 valence electrons. The van der Waals surface area contributed by atoms with Gasteiger partial charge in [-0.2, -0.15) is 5.26 Å². The lowest BCUT2D eigenvalue weighted by atomic mass is 9.73. The highest BCUT2D eigenvalue weighted by atomic mass is 79.9. The predicted octanol–water partition coefficient (Wildman–Crippen LogP) is 4.11. The van der Waals surface area contributed by atoms with Gasteiger partial charge < -0.3 is 0 Å². The van der Waals surface area contributed by atoms with Crippen LogP contribution in [-0.2, 0) is 0 Å². The summed E-state index contributed by atoms with van der Waals surface area (Å²) in [6.45, 7) is 0. The first kappa shape index (κ1) is 11.0. The maximum absolute atomic E-state index is 8.98. The van der Waals surface area contributed by atoms with Crippen molar-refractivity contribution in [2.24, 2.45) is 5.41 Å². The summed E-state index contributed by atoms with van der Waals surface area (Å²) >= 11 is 3.64. The smallest absolute Gasteiger partial charge is 0.0630 e. The molecule has 0 heterocycles. The number of allylic oxidation sites excluding steroid dienone is 4. The average Bonchev–Trinajstić information content (AvgIpc) is 2.68. The van der Waals surface area contributed by atoms with E-state index in [4.69, 9.17) is 5.26 Å². The van der Waals surface area contributed by atoms with Crippen LogP contribution in [0.4, 0.5) is 0 Å². The standard InChI is InChI=1S/C13H16BrN/c14-12-5-3-4-11(10-12)13(8-9-15)6-1-2-7-13/h3-5,12H,1-2,6-8,10H2. The Hall–Kier alpha value is -0.550. The zero-order valence-electron chi connectivity index (χ0n) is 8.88. The van der Waals surface area contributed by atoms with Crippen LogP contribution in [0.3, 0.4) is 0 Å². The van der Waals surface area contributed by atoms with Crippen molar-refractivity contribution < 1.29 is 0 Å². The van der Waals surface area contributed by atoms with Gasteiger partial charge in [-0.15, -0.1) is 0 Å². The lowest BCUT2D eigenvalue weighted by molar-refractivity contribution is 0.364. The maximum Gasteiger partial charge on any atom is 0.0630 e. The number of rotatable bonds is 2. The fourth-order valence-electron chi connectivity index (χ4n) is 2.85. The second-order valence-corrected chi connectivity index (χ2v) is 5.80. The molecule has 0 spiro atoms. The molecule has 15 heavy (non-hydrogen) atoms. The van der Waals surface area contributed by atoms with Gasteiger partial charge in [0.25, 0.3) is 0 Å². The van der Waals surface area contributed by atoms with Crippen LogP contribution in [0.5, 0.6) is 0 Å². The van der Waals surface area contributed by atoms with Gasteiger partial charge in [0.05, 0.1) is 6.07 Å². The van der Waals surface area contributed by atoms with Crippen molar-refractivity contribution in [3.05, 3.63) is 23.8 Å². The molecule has 2 aliphatic rings. The van der Waals surface area contributed by atoms with E-state index in [1.807, 2.05) is 0 Å². The lowest BCUT2D eigenvalue weighted by Gasteiger charge is -2.32. The molecule has 0 aliphatic heterocycles. The SMILES string of the molecule is N#CCC1(C2=CC=CC(Br)C2)CCCC1. The molecule has 0 bridgehead atoms. The Labute approximate surface area is 100.0 Å². The third-order valence-electron chi connectivity index (χ3n) is 3.69. The van der Waals surface area contributed by atoms with E-state index in [2.05, 4.69) is 40.2 Å². The summed E-state index contributed by atoms with van der Waals surface area (Å²) in [5.41, 5.74) is 1.71. The van der Waals surface area contributed by atoms with Gasteiger partial charge in [0.1, 0.15) is 0 Å². The van der Waals surface area contributed by atoms with Gasteiger partial charge in [-0.25, -0.2) is 0 Å². The van der Waals surface area contributed by atoms with Gasteiger partial charge >= 0.3 is 0 Å². The number of hydrogen-bond donors (Lipinski definition) is 0. The molecule has 1 unspecified atom stereocenters. The van der Waals surface area contributed by atoms with E-state index < -0.39 is 0 Å². The highest BCUT2D eigenvalue weighted by molar-refractivity contribution is 9.09. The van der Waals surface area contributed by atoms with E-state index in [1.165, 1.54) is 31.3 Å². The van der Waals surface area contributed by atoms with Crippen molar-refractivity contribution in [2.45, 2.75) is 43.4 Å². The van der Waals surface area contributed by atoms with E-state index in [0.717, 1.165) is 6.42 Å². The monoisotopic (exact) mass is 265 g/mol. The fraction of sp³-hybridized carbons (Fsp3) is 0.615. The Kier molecular flexibility index (Phi) is 3.31. The minimum absolute atomic E-state index is 0.214. The van der Waals surface area contributed by atoms with Gasteiger partial charge in [-0.3, -0.25) is 0 Å². The molecule has 0 amide bonds. The second-order valence-electron chi connectivity index (χ2n) is 4.62. The van der Waals surface area contributed by atoms with Crippen LogP contribution in [0.15, 0.2) is 23.8 Å². The van der Waals surface area contributed by atoms with E-state index in [1.54, 1.807) is 0 Å². The van der Waals surface area contributed by atoms with Gasteiger partial charge in [0.2, 0.25) is 0 Å². The first-order valence-corrected chi connectivity index (χ1v) is 6.57. The van der Waals surface area contributed by atoms with Crippen LogP contribution >= 0.6 is 15.9 Å². The maximum atomic E-state index is 8.98. The molecule has 1 fully saturated rings. The molecule has 2 rings (SSSR count). The Bertz CT molecular complexity index is 329. The summed E-state index contributed by atoms with van der Waals surface area (Å²) in [6, 6.07) is 2.38. The molecular formula is C13H16BrN. The number of hydrogen-bond acceptors (Lipinski definition) is 1. The molecule has 0 aromatic heterocycles. The molecule has 2 aliphatic carbocycles. The average molecular weight is 266 g/mol. The summed E-state index contributed by atoms with van der Waals surface area (Å²) in [4.78, 5) is 0.466. The van der Waals surface area contributed by atoms with Gasteiger partial charge in [0.15, 0.2) is 0 Å². The molecule has 0 saturated heterocycles. The van der Waals surface area contributed by atoms with Crippen molar-refractivity contribution in [2.75, 3.05) is 0 Å². The Morgan fingerprint density at radius 1 is 1.47 bits per heavy atom. The van der Waals surface area contributed by atoms with Crippen LogP contribution < -0.4 is 0 Å². The van der Waals surface area contributed by atoms with E-state index in [0.29, 0.717) is 11.2 Å². The Morgan fingerprint density at radius 2 is 2.20 bits per heavy atom. The molecule has 1 atom stereocenters. The molecule has 0 aromatic rings. The van der Waals surface area contributed by atoms with Crippen molar-refractivity contribution in [3.63, 3.8) is 0 Å². The number of nitrogens with zero attached hydrogens (tertiary/aromatic N) is 1. The molecule has 1 saturated carbocycles. The lowest BCUT2D eigenvalue weighted by Crippen LogP contribution is -2.22. The first-order valence-electron chi connectivity index (χ1n) is 5.66. The Balaban J connectivity index is 2.22. The van der Waals surface area contributed by atoms with Crippen LogP contribution in [0.25, 0.3) is 0 Å². The van der Waals surface area contributed by atoms with E-state index in [9.17, 15) is 0 Å². The van der Waals surface area contributed by atoms with Crippen LogP contribution in [-0.4, -0.2) is 4.83 Å². The van der Waals surface area contributed by atoms with Gasteiger partial charge in [-0.05, 0) is 19.3 Å². The normalized spacial score (nSPS) is 28.5. The summed E-state index contributed by atoms with van der Waals surface area (Å²) in [5.74, 6) is 0. The third kappa shape index (κ3) is 2.18. The predicted molar refractivity (Wildman–Crippen MR) is 65.7 cm³/mol. The molecule has 2 heteroatoms. The summed E-state index contributed by atoms with van der Waals surface area (Å²) in [7, 11) is 0. The van der Waals surface area contributed by atoms with Crippen LogP contribution in [0.2, 0.25) is 0 Å². The van der Waals surface area contributed by atoms with Crippen molar-refractivity contribution >= 4 is 15.9 Å². The highest BCUT2D eigenvalue weighted by Gasteiger charge is 2.37. The van der Waals surface area contributed by atoms with Gasteiger partial charge in [-0.1, -0.05) is 52.6 Å². The summed E-state index contributed by atoms with van der Waals surface area (Å²) in [5, 5.41) is 8.98. The molecule has 1 nitrogen and oxygen atoms in total. The number of nitriles is 1. The van der Waals surface area contributed by atoms with Crippen molar-refractivity contribution in [1.82, 2.24) is 0 Å². The van der Waals surface area contributed by atoms with Crippen molar-refractivity contribution in [1.29, 1.82) is 5.26 Å². The molecular weight excluding hydrogens is 250 g/mol. The fourth-order valence-corrected chi connectivity index (χ4v) is 3.37. The van der Waals surface area contributed by atoms with Crippen LogP contribution in [0, 0.1) is 16.7 Å². The molecule has 0 aromatic carbocycles. The third-order valence-corrected chi connectivity index (χ3v) is 4.32. The van der Waals surface area contributed by atoms with E-state index in [-0.39, 0.29) is 5.41 Å².